The van der Waals surface area contributed by atoms with E-state index in [0.717, 1.165) is 19.4 Å². The normalized spacial score (nSPS) is 21.9. The average molecular weight is 250 g/mol. The Morgan fingerprint density at radius 3 is 2.62 bits per heavy atom. The lowest BCUT2D eigenvalue weighted by Gasteiger charge is -2.33. The molecule has 1 fully saturated rings. The van der Waals surface area contributed by atoms with Gasteiger partial charge in [0, 0.05) is 26.1 Å². The van der Waals surface area contributed by atoms with Crippen molar-refractivity contribution < 1.29 is 9.59 Å². The second-order valence-corrected chi connectivity index (χ2v) is 4.11. The molecule has 1 aliphatic rings. The minimum Gasteiger partial charge on any atom is -0.352 e. The highest BCUT2D eigenvalue weighted by Crippen LogP contribution is 2.10. The third kappa shape index (κ3) is 4.37. The fraction of sp³-hybridized carbons (Fsp3) is 0.800. The fourth-order valence-corrected chi connectivity index (χ4v) is 1.87. The van der Waals surface area contributed by atoms with Crippen LogP contribution in [-0.4, -0.2) is 41.9 Å². The third-order valence-corrected chi connectivity index (χ3v) is 2.53. The summed E-state index contributed by atoms with van der Waals surface area (Å²) >= 11 is 0. The maximum atomic E-state index is 11.6. The number of piperidine rings is 1. The van der Waals surface area contributed by atoms with Gasteiger partial charge < -0.3 is 16.0 Å². The van der Waals surface area contributed by atoms with E-state index < -0.39 is 6.04 Å². The lowest BCUT2D eigenvalue weighted by molar-refractivity contribution is -0.134. The van der Waals surface area contributed by atoms with E-state index >= 15 is 0 Å². The van der Waals surface area contributed by atoms with Crippen LogP contribution in [0.1, 0.15) is 26.7 Å². The molecule has 0 aromatic carbocycles. The molecule has 3 N–H and O–H groups in total. The average Bonchev–Trinajstić information content (AvgIpc) is 2.16. The van der Waals surface area contributed by atoms with Gasteiger partial charge in [0.1, 0.15) is 0 Å². The predicted molar refractivity (Wildman–Crippen MR) is 64.3 cm³/mol. The smallest absolute Gasteiger partial charge is 0.239 e. The Balaban J connectivity index is 0.00000225. The molecule has 0 spiro atoms. The summed E-state index contributed by atoms with van der Waals surface area (Å²) in [4.78, 5) is 24.2. The second kappa shape index (κ2) is 6.70. The van der Waals surface area contributed by atoms with E-state index in [0.29, 0.717) is 6.54 Å². The van der Waals surface area contributed by atoms with Crippen LogP contribution in [0.25, 0.3) is 0 Å². The molecule has 5 nitrogen and oxygen atoms in total. The summed E-state index contributed by atoms with van der Waals surface area (Å²) in [5, 5.41) is 2.83. The van der Waals surface area contributed by atoms with Crippen LogP contribution < -0.4 is 11.1 Å². The van der Waals surface area contributed by atoms with Crippen LogP contribution in [0.3, 0.4) is 0 Å². The zero-order valence-corrected chi connectivity index (χ0v) is 10.5. The number of nitrogens with one attached hydrogen (secondary N) is 1. The lowest BCUT2D eigenvalue weighted by Crippen LogP contribution is -2.52. The van der Waals surface area contributed by atoms with Crippen molar-refractivity contribution in [3.8, 4) is 0 Å². The molecule has 0 saturated carbocycles. The maximum Gasteiger partial charge on any atom is 0.239 e. The molecular weight excluding hydrogens is 230 g/mol. The third-order valence-electron chi connectivity index (χ3n) is 2.53. The summed E-state index contributed by atoms with van der Waals surface area (Å²) in [6.45, 7) is 4.51. The first-order valence-corrected chi connectivity index (χ1v) is 5.32. The van der Waals surface area contributed by atoms with Crippen molar-refractivity contribution in [2.75, 3.05) is 13.1 Å². The molecule has 94 valence electrons. The molecule has 0 aromatic rings. The Labute approximate surface area is 102 Å². The fourth-order valence-electron chi connectivity index (χ4n) is 1.87. The number of rotatable bonds is 2. The minimum absolute atomic E-state index is 0. The van der Waals surface area contributed by atoms with Gasteiger partial charge in [-0.1, -0.05) is 0 Å². The van der Waals surface area contributed by atoms with Crippen LogP contribution in [0.5, 0.6) is 0 Å². The van der Waals surface area contributed by atoms with Gasteiger partial charge in [0.05, 0.1) is 6.04 Å². The van der Waals surface area contributed by atoms with Crippen LogP contribution in [0, 0.1) is 0 Å². The van der Waals surface area contributed by atoms with Gasteiger partial charge in [-0.3, -0.25) is 9.59 Å². The Bertz CT molecular complexity index is 258. The van der Waals surface area contributed by atoms with Crippen molar-refractivity contribution in [3.05, 3.63) is 0 Å². The van der Waals surface area contributed by atoms with Crippen molar-refractivity contribution in [2.24, 2.45) is 5.73 Å². The molecule has 1 unspecified atom stereocenters. The molecule has 2 amide bonds. The topological polar surface area (TPSA) is 75.4 Å². The van der Waals surface area contributed by atoms with Crippen LogP contribution in [0.2, 0.25) is 0 Å². The van der Waals surface area contributed by atoms with Crippen molar-refractivity contribution in [1.29, 1.82) is 0 Å². The van der Waals surface area contributed by atoms with Crippen LogP contribution >= 0.6 is 12.4 Å². The number of amides is 2. The zero-order valence-electron chi connectivity index (χ0n) is 9.73. The number of carbonyl (C=O) groups excluding carboxylic acids is 2. The van der Waals surface area contributed by atoms with Gasteiger partial charge in [-0.05, 0) is 19.8 Å². The SMILES string of the molecule is CC(=O)NC1CCCN(C(=O)[C@H](C)N)C1.Cl. The van der Waals surface area contributed by atoms with E-state index in [2.05, 4.69) is 5.32 Å². The molecule has 1 aliphatic heterocycles. The summed E-state index contributed by atoms with van der Waals surface area (Å²) < 4.78 is 0. The molecule has 0 aromatic heterocycles. The number of hydrogen-bond acceptors (Lipinski definition) is 3. The van der Waals surface area contributed by atoms with Crippen LogP contribution in [0.4, 0.5) is 0 Å². The Hall–Kier alpha value is -0.810. The highest BCUT2D eigenvalue weighted by Gasteiger charge is 2.25. The lowest BCUT2D eigenvalue weighted by atomic mass is 10.0. The van der Waals surface area contributed by atoms with Crippen LogP contribution in [0.15, 0.2) is 0 Å². The van der Waals surface area contributed by atoms with Crippen molar-refractivity contribution in [3.63, 3.8) is 0 Å². The molecule has 6 heteroatoms. The molecule has 2 atom stereocenters. The molecule has 0 aliphatic carbocycles. The predicted octanol–water partition coefficient (Wildman–Crippen LogP) is -0.117. The second-order valence-electron chi connectivity index (χ2n) is 4.11. The first-order valence-electron chi connectivity index (χ1n) is 5.32. The van der Waals surface area contributed by atoms with Gasteiger partial charge in [0.25, 0.3) is 0 Å². The van der Waals surface area contributed by atoms with Gasteiger partial charge in [-0.15, -0.1) is 12.4 Å². The van der Waals surface area contributed by atoms with E-state index in [-0.39, 0.29) is 30.3 Å². The summed E-state index contributed by atoms with van der Waals surface area (Å²) in [7, 11) is 0. The monoisotopic (exact) mass is 249 g/mol. The quantitative estimate of drug-likeness (QED) is 0.717. The van der Waals surface area contributed by atoms with Crippen molar-refractivity contribution in [1.82, 2.24) is 10.2 Å². The highest BCUT2D eigenvalue weighted by molar-refractivity contribution is 5.85. The van der Waals surface area contributed by atoms with E-state index in [1.54, 1.807) is 11.8 Å². The Kier molecular flexibility index (Phi) is 6.36. The summed E-state index contributed by atoms with van der Waals surface area (Å²) in [5.74, 6) is -0.0832. The molecule has 16 heavy (non-hydrogen) atoms. The van der Waals surface area contributed by atoms with E-state index in [9.17, 15) is 9.59 Å². The maximum absolute atomic E-state index is 11.6. The van der Waals surface area contributed by atoms with E-state index in [4.69, 9.17) is 5.73 Å². The van der Waals surface area contributed by atoms with E-state index in [1.165, 1.54) is 6.92 Å². The van der Waals surface area contributed by atoms with Crippen molar-refractivity contribution >= 4 is 24.2 Å². The first-order chi connectivity index (χ1) is 7.00. The Morgan fingerprint density at radius 2 is 2.12 bits per heavy atom. The number of halogens is 1. The first kappa shape index (κ1) is 15.2. The standard InChI is InChI=1S/C10H19N3O2.ClH/c1-7(11)10(15)13-5-3-4-9(6-13)12-8(2)14;/h7,9H,3-6,11H2,1-2H3,(H,12,14);1H/t7-,9?;/m0./s1. The largest absolute Gasteiger partial charge is 0.352 e. The molecule has 0 bridgehead atoms. The number of likely N-dealkylation sites (tertiary alicyclic amines) is 1. The number of hydrogen-bond donors (Lipinski definition) is 2. The molecule has 0 radical (unpaired) electrons. The summed E-state index contributed by atoms with van der Waals surface area (Å²) in [6, 6.07) is -0.375. The molecule has 1 saturated heterocycles. The number of nitrogens with zero attached hydrogens (tertiary/aromatic N) is 1. The van der Waals surface area contributed by atoms with Crippen LogP contribution in [-0.2, 0) is 9.59 Å². The minimum atomic E-state index is -0.457. The number of nitrogens with two attached hydrogens (primary N) is 1. The van der Waals surface area contributed by atoms with E-state index in [1.807, 2.05) is 0 Å². The van der Waals surface area contributed by atoms with Gasteiger partial charge in [-0.2, -0.15) is 0 Å². The van der Waals surface area contributed by atoms with Gasteiger partial charge in [0.2, 0.25) is 11.8 Å². The van der Waals surface area contributed by atoms with Gasteiger partial charge in [-0.25, -0.2) is 0 Å². The van der Waals surface area contributed by atoms with Crippen molar-refractivity contribution in [2.45, 2.75) is 38.8 Å². The summed E-state index contributed by atoms with van der Waals surface area (Å²) in [6.07, 6.45) is 1.85. The molecular formula is C10H20ClN3O2. The molecule has 1 heterocycles. The Morgan fingerprint density at radius 1 is 1.50 bits per heavy atom. The zero-order chi connectivity index (χ0) is 11.4. The van der Waals surface area contributed by atoms with Gasteiger partial charge >= 0.3 is 0 Å². The van der Waals surface area contributed by atoms with Gasteiger partial charge in [0.15, 0.2) is 0 Å². The summed E-state index contributed by atoms with van der Waals surface area (Å²) in [5.41, 5.74) is 5.53. The number of carbonyl (C=O) groups is 2. The highest BCUT2D eigenvalue weighted by atomic mass is 35.5. The molecule has 1 rings (SSSR count).